The first-order valence-electron chi connectivity index (χ1n) is 8.21. The Morgan fingerprint density at radius 1 is 1.16 bits per heavy atom. The number of Topliss-reactive ketones (excluding diaryl/α,β-unsaturated/α-hetero) is 2. The molecule has 0 bridgehead atoms. The largest absolute Gasteiger partial charge is 0.508 e. The van der Waals surface area contributed by atoms with E-state index in [-0.39, 0.29) is 59.4 Å². The van der Waals surface area contributed by atoms with Gasteiger partial charge in [-0.2, -0.15) is 0 Å². The highest BCUT2D eigenvalue weighted by molar-refractivity contribution is 6.03. The quantitative estimate of drug-likeness (QED) is 0.733. The lowest BCUT2D eigenvalue weighted by Gasteiger charge is -2.31. The Hall–Kier alpha value is -2.66. The van der Waals surface area contributed by atoms with E-state index in [2.05, 4.69) is 13.2 Å². The van der Waals surface area contributed by atoms with Gasteiger partial charge in [-0.3, -0.25) is 9.59 Å². The number of hydrogen-bond donors (Lipinski definition) is 3. The normalized spacial score (nSPS) is 23.4. The molecule has 0 aliphatic heterocycles. The Labute approximate surface area is 145 Å². The van der Waals surface area contributed by atoms with E-state index < -0.39 is 6.10 Å². The molecular weight excluding hydrogens is 320 g/mol. The van der Waals surface area contributed by atoms with E-state index in [4.69, 9.17) is 0 Å². The summed E-state index contributed by atoms with van der Waals surface area (Å²) >= 11 is 0. The highest BCUT2D eigenvalue weighted by Gasteiger charge is 2.35. The summed E-state index contributed by atoms with van der Waals surface area (Å²) < 4.78 is 0. The zero-order chi connectivity index (χ0) is 18.3. The first-order chi connectivity index (χ1) is 11.9. The number of ketones is 2. The molecule has 0 spiro atoms. The number of hydrogen-bond acceptors (Lipinski definition) is 5. The zero-order valence-electron chi connectivity index (χ0n) is 13.8. The van der Waals surface area contributed by atoms with Gasteiger partial charge in [0.1, 0.15) is 11.5 Å². The molecule has 0 fully saturated rings. The van der Waals surface area contributed by atoms with E-state index in [1.165, 1.54) is 12.1 Å². The second-order valence-electron chi connectivity index (χ2n) is 6.44. The number of carbonyl (C=O) groups excluding carboxylic acids is 2. The van der Waals surface area contributed by atoms with Crippen molar-refractivity contribution >= 4 is 11.6 Å². The lowest BCUT2D eigenvalue weighted by Crippen LogP contribution is -2.23. The summed E-state index contributed by atoms with van der Waals surface area (Å²) in [6.07, 6.45) is 1.74. The average molecular weight is 340 g/mol. The minimum atomic E-state index is -0.902. The van der Waals surface area contributed by atoms with Gasteiger partial charge in [-0.05, 0) is 30.0 Å². The van der Waals surface area contributed by atoms with Gasteiger partial charge in [0.15, 0.2) is 11.6 Å². The van der Waals surface area contributed by atoms with Crippen LogP contribution in [0.15, 0.2) is 48.3 Å². The molecule has 0 amide bonds. The second-order valence-corrected chi connectivity index (χ2v) is 6.44. The minimum absolute atomic E-state index is 0.109. The van der Waals surface area contributed by atoms with Crippen molar-refractivity contribution < 1.29 is 24.9 Å². The van der Waals surface area contributed by atoms with E-state index in [0.717, 1.165) is 0 Å². The van der Waals surface area contributed by atoms with Crippen molar-refractivity contribution in [1.29, 1.82) is 0 Å². The van der Waals surface area contributed by atoms with Gasteiger partial charge in [-0.1, -0.05) is 25.3 Å². The smallest absolute Gasteiger partial charge is 0.166 e. The van der Waals surface area contributed by atoms with Crippen LogP contribution in [0.5, 0.6) is 5.75 Å². The van der Waals surface area contributed by atoms with Crippen LogP contribution in [0.3, 0.4) is 0 Å². The van der Waals surface area contributed by atoms with Crippen LogP contribution in [0.2, 0.25) is 0 Å². The van der Waals surface area contributed by atoms with Crippen molar-refractivity contribution in [3.63, 3.8) is 0 Å². The molecule has 0 saturated heterocycles. The summed E-state index contributed by atoms with van der Waals surface area (Å²) in [7, 11) is 0. The van der Waals surface area contributed by atoms with Crippen molar-refractivity contribution in [2.45, 2.75) is 37.7 Å². The SMILES string of the molecule is C=CC1=C(C(=C)O)C(=O)CCC1c1ccc(O)c2c1C(=O)CCC2O. The molecule has 1 aromatic rings. The van der Waals surface area contributed by atoms with E-state index in [1.807, 2.05) is 0 Å². The van der Waals surface area contributed by atoms with Gasteiger partial charge < -0.3 is 15.3 Å². The number of allylic oxidation sites excluding steroid dienone is 3. The molecule has 0 heterocycles. The van der Waals surface area contributed by atoms with Gasteiger partial charge >= 0.3 is 0 Å². The van der Waals surface area contributed by atoms with Crippen molar-refractivity contribution in [2.24, 2.45) is 0 Å². The van der Waals surface area contributed by atoms with E-state index in [9.17, 15) is 24.9 Å². The molecule has 0 radical (unpaired) electrons. The Kier molecular flexibility index (Phi) is 4.35. The van der Waals surface area contributed by atoms with E-state index in [1.54, 1.807) is 6.07 Å². The predicted octanol–water partition coefficient (Wildman–Crippen LogP) is 3.40. The third-order valence-electron chi connectivity index (χ3n) is 5.00. The van der Waals surface area contributed by atoms with Gasteiger partial charge in [0.25, 0.3) is 0 Å². The Morgan fingerprint density at radius 3 is 2.48 bits per heavy atom. The molecule has 2 atom stereocenters. The van der Waals surface area contributed by atoms with Gasteiger partial charge in [0, 0.05) is 29.9 Å². The van der Waals surface area contributed by atoms with Crippen LogP contribution in [-0.4, -0.2) is 26.9 Å². The minimum Gasteiger partial charge on any atom is -0.508 e. The van der Waals surface area contributed by atoms with Crippen molar-refractivity contribution in [2.75, 3.05) is 0 Å². The maximum atomic E-state index is 12.5. The number of aliphatic hydroxyl groups excluding tert-OH is 2. The molecule has 1 aromatic carbocycles. The number of phenolic OH excluding ortho intramolecular Hbond substituents is 1. The Bertz CT molecular complexity index is 831. The van der Waals surface area contributed by atoms with Crippen LogP contribution in [0.4, 0.5) is 0 Å². The fourth-order valence-electron chi connectivity index (χ4n) is 3.89. The molecule has 0 saturated carbocycles. The molecule has 5 nitrogen and oxygen atoms in total. The molecule has 3 rings (SSSR count). The molecule has 2 unspecified atom stereocenters. The Morgan fingerprint density at radius 2 is 1.84 bits per heavy atom. The standard InChI is InChI=1S/C20H20O5/c1-3-11-12(4-6-14(22)18(11)10(2)21)13-5-7-16(24)20-17(25)9-8-15(23)19(13)20/h3,5,7,12,17,21,24-25H,1-2,4,6,8-9H2. The number of carbonyl (C=O) groups is 2. The molecular formula is C20H20O5. The highest BCUT2D eigenvalue weighted by atomic mass is 16.3. The Balaban J connectivity index is 2.25. The van der Waals surface area contributed by atoms with Crippen LogP contribution in [-0.2, 0) is 4.79 Å². The highest BCUT2D eigenvalue weighted by Crippen LogP contribution is 2.45. The molecule has 2 aliphatic carbocycles. The first kappa shape index (κ1) is 17.2. The van der Waals surface area contributed by atoms with E-state index >= 15 is 0 Å². The number of aromatic hydroxyl groups is 1. The summed E-state index contributed by atoms with van der Waals surface area (Å²) in [6.45, 7) is 7.21. The lowest BCUT2D eigenvalue weighted by atomic mass is 9.73. The number of aliphatic hydroxyl groups is 2. The average Bonchev–Trinajstić information content (AvgIpc) is 2.57. The van der Waals surface area contributed by atoms with Crippen LogP contribution in [0.25, 0.3) is 0 Å². The van der Waals surface area contributed by atoms with Gasteiger partial charge in [-0.15, -0.1) is 0 Å². The fraction of sp³-hybridized carbons (Fsp3) is 0.300. The monoisotopic (exact) mass is 340 g/mol. The van der Waals surface area contributed by atoms with Gasteiger partial charge in [0.2, 0.25) is 0 Å². The number of fused-ring (bicyclic) bond motifs is 1. The van der Waals surface area contributed by atoms with E-state index in [0.29, 0.717) is 23.1 Å². The summed E-state index contributed by atoms with van der Waals surface area (Å²) in [5, 5.41) is 30.2. The zero-order valence-corrected chi connectivity index (χ0v) is 13.8. The summed E-state index contributed by atoms with van der Waals surface area (Å²) in [6, 6.07) is 3.10. The molecule has 3 N–H and O–H groups in total. The molecule has 0 aromatic heterocycles. The number of phenols is 1. The van der Waals surface area contributed by atoms with Crippen LogP contribution >= 0.6 is 0 Å². The summed E-state index contributed by atoms with van der Waals surface area (Å²) in [4.78, 5) is 24.7. The molecule has 25 heavy (non-hydrogen) atoms. The van der Waals surface area contributed by atoms with Crippen molar-refractivity contribution in [3.05, 3.63) is 65.0 Å². The van der Waals surface area contributed by atoms with Crippen LogP contribution in [0, 0.1) is 0 Å². The third kappa shape index (κ3) is 2.70. The van der Waals surface area contributed by atoms with Gasteiger partial charge in [0.05, 0.1) is 11.7 Å². The fourth-order valence-corrected chi connectivity index (χ4v) is 3.89. The second kappa shape index (κ2) is 6.33. The lowest BCUT2D eigenvalue weighted by molar-refractivity contribution is -0.116. The molecule has 2 aliphatic rings. The van der Waals surface area contributed by atoms with Crippen LogP contribution in [0.1, 0.15) is 59.2 Å². The van der Waals surface area contributed by atoms with Crippen LogP contribution < -0.4 is 0 Å². The maximum Gasteiger partial charge on any atom is 0.166 e. The topological polar surface area (TPSA) is 94.8 Å². The predicted molar refractivity (Wildman–Crippen MR) is 92.6 cm³/mol. The van der Waals surface area contributed by atoms with Crippen molar-refractivity contribution in [3.8, 4) is 5.75 Å². The van der Waals surface area contributed by atoms with Gasteiger partial charge in [-0.25, -0.2) is 0 Å². The maximum absolute atomic E-state index is 12.5. The third-order valence-corrected chi connectivity index (χ3v) is 5.00. The summed E-state index contributed by atoms with van der Waals surface area (Å²) in [5.74, 6) is -1.11. The number of rotatable bonds is 3. The number of benzene rings is 1. The molecule has 5 heteroatoms. The molecule has 130 valence electrons. The first-order valence-corrected chi connectivity index (χ1v) is 8.21. The summed E-state index contributed by atoms with van der Waals surface area (Å²) in [5.41, 5.74) is 1.86. The van der Waals surface area contributed by atoms with Crippen molar-refractivity contribution in [1.82, 2.24) is 0 Å².